The van der Waals surface area contributed by atoms with Gasteiger partial charge in [0.1, 0.15) is 11.6 Å². The summed E-state index contributed by atoms with van der Waals surface area (Å²) in [6.07, 6.45) is 3.08. The van der Waals surface area contributed by atoms with E-state index in [1.807, 2.05) is 0 Å². The van der Waals surface area contributed by atoms with E-state index in [2.05, 4.69) is 21.7 Å². The van der Waals surface area contributed by atoms with Gasteiger partial charge < -0.3 is 15.0 Å². The van der Waals surface area contributed by atoms with Crippen molar-refractivity contribution in [1.29, 1.82) is 0 Å². The minimum atomic E-state index is 0.478. The topological polar surface area (TPSA) is 66.0 Å². The molecule has 17 heavy (non-hydrogen) atoms. The molecule has 1 aromatic rings. The van der Waals surface area contributed by atoms with Gasteiger partial charge in [-0.15, -0.1) is 10.2 Å². The Morgan fingerprint density at radius 1 is 1.53 bits per heavy atom. The van der Waals surface area contributed by atoms with E-state index in [9.17, 15) is 0 Å². The molecule has 0 bridgehead atoms. The van der Waals surface area contributed by atoms with Crippen molar-refractivity contribution in [3.8, 4) is 0 Å². The highest BCUT2D eigenvalue weighted by Gasteiger charge is 2.22. The molecule has 96 valence electrons. The lowest BCUT2D eigenvalue weighted by molar-refractivity contribution is 0.158. The lowest BCUT2D eigenvalue weighted by Gasteiger charge is -2.23. The lowest BCUT2D eigenvalue weighted by atomic mass is 9.99. The van der Waals surface area contributed by atoms with Gasteiger partial charge in [0.15, 0.2) is 0 Å². The Bertz CT molecular complexity index is 363. The highest BCUT2D eigenvalue weighted by atomic mass is 16.5. The Kier molecular flexibility index (Phi) is 4.12. The summed E-state index contributed by atoms with van der Waals surface area (Å²) in [6, 6.07) is 0. The van der Waals surface area contributed by atoms with Crippen LogP contribution in [0.15, 0.2) is 0 Å². The number of fused-ring (bicyclic) bond motifs is 1. The second kappa shape index (κ2) is 5.60. The summed E-state index contributed by atoms with van der Waals surface area (Å²) in [5.41, 5.74) is 5.75. The van der Waals surface area contributed by atoms with E-state index < -0.39 is 0 Å². The van der Waals surface area contributed by atoms with Crippen LogP contribution in [0.5, 0.6) is 0 Å². The van der Waals surface area contributed by atoms with Crippen molar-refractivity contribution in [2.45, 2.75) is 32.7 Å². The average Bonchev–Trinajstić information content (AvgIpc) is 2.72. The van der Waals surface area contributed by atoms with Gasteiger partial charge >= 0.3 is 0 Å². The molecule has 0 saturated heterocycles. The number of rotatable bonds is 5. The standard InChI is InChI=1S/C12H22N4O/c1-9(8-17-2)5-12-15-14-11-4-3-10(6-13)7-16(11)12/h9-10H,3-8,13H2,1-2H3. The van der Waals surface area contributed by atoms with E-state index >= 15 is 0 Å². The second-order valence-electron chi connectivity index (χ2n) is 5.05. The molecule has 0 spiro atoms. The molecule has 2 N–H and O–H groups in total. The van der Waals surface area contributed by atoms with Crippen LogP contribution in [0.2, 0.25) is 0 Å². The third-order valence-electron chi connectivity index (χ3n) is 3.44. The predicted octanol–water partition coefficient (Wildman–Crippen LogP) is 0.624. The molecule has 0 fully saturated rings. The lowest BCUT2D eigenvalue weighted by Crippen LogP contribution is -2.28. The van der Waals surface area contributed by atoms with Crippen LogP contribution in [0.4, 0.5) is 0 Å². The first-order valence-corrected chi connectivity index (χ1v) is 6.34. The van der Waals surface area contributed by atoms with Crippen LogP contribution in [0.3, 0.4) is 0 Å². The minimum Gasteiger partial charge on any atom is -0.384 e. The Hall–Kier alpha value is -0.940. The molecule has 2 rings (SSSR count). The molecule has 2 unspecified atom stereocenters. The quantitative estimate of drug-likeness (QED) is 0.817. The first-order valence-electron chi connectivity index (χ1n) is 6.34. The number of methoxy groups -OCH3 is 1. The van der Waals surface area contributed by atoms with E-state index in [-0.39, 0.29) is 0 Å². The zero-order valence-corrected chi connectivity index (χ0v) is 10.7. The largest absolute Gasteiger partial charge is 0.384 e. The molecule has 0 aromatic carbocycles. The Morgan fingerprint density at radius 2 is 2.35 bits per heavy atom. The van der Waals surface area contributed by atoms with Crippen LogP contribution in [-0.2, 0) is 24.1 Å². The van der Waals surface area contributed by atoms with Gasteiger partial charge in [-0.1, -0.05) is 6.92 Å². The first kappa shape index (κ1) is 12.5. The van der Waals surface area contributed by atoms with Gasteiger partial charge in [-0.2, -0.15) is 0 Å². The van der Waals surface area contributed by atoms with Crippen LogP contribution >= 0.6 is 0 Å². The summed E-state index contributed by atoms with van der Waals surface area (Å²) in [5.74, 6) is 3.26. The molecule has 1 aromatic heterocycles. The van der Waals surface area contributed by atoms with Crippen molar-refractivity contribution in [3.63, 3.8) is 0 Å². The summed E-state index contributed by atoms with van der Waals surface area (Å²) >= 11 is 0. The van der Waals surface area contributed by atoms with Crippen molar-refractivity contribution in [3.05, 3.63) is 11.6 Å². The van der Waals surface area contributed by atoms with Crippen LogP contribution in [0.1, 0.15) is 25.0 Å². The number of hydrogen-bond acceptors (Lipinski definition) is 4. The van der Waals surface area contributed by atoms with Gasteiger partial charge in [-0.3, -0.25) is 0 Å². The smallest absolute Gasteiger partial charge is 0.133 e. The molecule has 5 nitrogen and oxygen atoms in total. The summed E-state index contributed by atoms with van der Waals surface area (Å²) < 4.78 is 7.42. The van der Waals surface area contributed by atoms with E-state index in [4.69, 9.17) is 10.5 Å². The number of hydrogen-bond donors (Lipinski definition) is 1. The van der Waals surface area contributed by atoms with Gasteiger partial charge in [0.2, 0.25) is 0 Å². The van der Waals surface area contributed by atoms with Crippen LogP contribution in [-0.4, -0.2) is 35.0 Å². The molecule has 0 radical (unpaired) electrons. The molecular weight excluding hydrogens is 216 g/mol. The maximum atomic E-state index is 5.75. The SMILES string of the molecule is COCC(C)Cc1nnc2n1CC(CN)CC2. The van der Waals surface area contributed by atoms with E-state index in [1.54, 1.807) is 7.11 Å². The maximum Gasteiger partial charge on any atom is 0.133 e. The van der Waals surface area contributed by atoms with Gasteiger partial charge in [0, 0.05) is 33.1 Å². The summed E-state index contributed by atoms with van der Waals surface area (Å²) in [4.78, 5) is 0. The molecule has 0 saturated carbocycles. The van der Waals surface area contributed by atoms with Crippen LogP contribution in [0, 0.1) is 11.8 Å². The second-order valence-corrected chi connectivity index (χ2v) is 5.05. The number of aryl methyl sites for hydroxylation is 1. The molecule has 1 aliphatic heterocycles. The molecular formula is C12H22N4O. The highest BCUT2D eigenvalue weighted by molar-refractivity contribution is 5.01. The fourth-order valence-corrected chi connectivity index (χ4v) is 2.45. The summed E-state index contributed by atoms with van der Waals surface area (Å²) in [5, 5.41) is 8.58. The van der Waals surface area contributed by atoms with E-state index in [1.165, 1.54) is 0 Å². The Balaban J connectivity index is 2.07. The van der Waals surface area contributed by atoms with Crippen molar-refractivity contribution < 1.29 is 4.74 Å². The zero-order valence-electron chi connectivity index (χ0n) is 10.7. The average molecular weight is 238 g/mol. The van der Waals surface area contributed by atoms with Crippen molar-refractivity contribution in [2.75, 3.05) is 20.3 Å². The van der Waals surface area contributed by atoms with E-state index in [0.717, 1.165) is 50.6 Å². The van der Waals surface area contributed by atoms with Gasteiger partial charge in [-0.05, 0) is 24.8 Å². The summed E-state index contributed by atoms with van der Waals surface area (Å²) in [7, 11) is 1.74. The number of nitrogens with two attached hydrogens (primary N) is 1. The fourth-order valence-electron chi connectivity index (χ4n) is 2.45. The van der Waals surface area contributed by atoms with Gasteiger partial charge in [0.05, 0.1) is 0 Å². The monoisotopic (exact) mass is 238 g/mol. The molecule has 0 amide bonds. The number of nitrogens with zero attached hydrogens (tertiary/aromatic N) is 3. The van der Waals surface area contributed by atoms with Crippen LogP contribution in [0.25, 0.3) is 0 Å². The minimum absolute atomic E-state index is 0.478. The zero-order chi connectivity index (χ0) is 12.3. The number of ether oxygens (including phenoxy) is 1. The predicted molar refractivity (Wildman–Crippen MR) is 65.6 cm³/mol. The van der Waals surface area contributed by atoms with Crippen molar-refractivity contribution in [1.82, 2.24) is 14.8 Å². The van der Waals surface area contributed by atoms with Crippen molar-refractivity contribution >= 4 is 0 Å². The molecule has 5 heteroatoms. The molecule has 0 aliphatic carbocycles. The fraction of sp³-hybridized carbons (Fsp3) is 0.833. The maximum absolute atomic E-state index is 5.75. The molecule has 2 heterocycles. The third-order valence-corrected chi connectivity index (χ3v) is 3.44. The Morgan fingerprint density at radius 3 is 3.06 bits per heavy atom. The van der Waals surface area contributed by atoms with Gasteiger partial charge in [0.25, 0.3) is 0 Å². The Labute approximate surface area is 102 Å². The van der Waals surface area contributed by atoms with Crippen LogP contribution < -0.4 is 5.73 Å². The first-order chi connectivity index (χ1) is 8.24. The highest BCUT2D eigenvalue weighted by Crippen LogP contribution is 2.20. The molecule has 1 aliphatic rings. The summed E-state index contributed by atoms with van der Waals surface area (Å²) in [6.45, 7) is 4.68. The molecule has 2 atom stereocenters. The number of aromatic nitrogens is 3. The van der Waals surface area contributed by atoms with E-state index in [0.29, 0.717) is 11.8 Å². The normalized spacial score (nSPS) is 21.2. The third kappa shape index (κ3) is 2.84. The van der Waals surface area contributed by atoms with Crippen molar-refractivity contribution in [2.24, 2.45) is 17.6 Å². The van der Waals surface area contributed by atoms with Gasteiger partial charge in [-0.25, -0.2) is 0 Å².